The summed E-state index contributed by atoms with van der Waals surface area (Å²) in [5.41, 5.74) is 4.90. The molecule has 2 aliphatic rings. The highest BCUT2D eigenvalue weighted by Gasteiger charge is 2.51. The quantitative estimate of drug-likeness (QED) is 0.442. The van der Waals surface area contributed by atoms with Crippen LogP contribution in [0, 0.1) is 5.92 Å². The van der Waals surface area contributed by atoms with Crippen molar-refractivity contribution in [2.75, 3.05) is 20.7 Å². The highest BCUT2D eigenvalue weighted by Crippen LogP contribution is 2.51. The monoisotopic (exact) mass is 493 g/mol. The minimum Gasteiger partial charge on any atom is -0.415 e. The molecule has 1 aromatic carbocycles. The summed E-state index contributed by atoms with van der Waals surface area (Å²) in [5.74, 6) is 1.50. The number of hydrogen-bond acceptors (Lipinski definition) is 6. The lowest BCUT2D eigenvalue weighted by molar-refractivity contribution is -0.122. The van der Waals surface area contributed by atoms with E-state index in [4.69, 9.17) is 9.15 Å². The minimum atomic E-state index is -0.319. The second-order valence-corrected chi connectivity index (χ2v) is 9.99. The molecule has 0 amide bonds. The predicted molar refractivity (Wildman–Crippen MR) is 125 cm³/mol. The summed E-state index contributed by atoms with van der Waals surface area (Å²) in [7, 11) is 4.06. The van der Waals surface area contributed by atoms with Gasteiger partial charge in [0.25, 0.3) is 5.89 Å². The van der Waals surface area contributed by atoms with Crippen LogP contribution in [0.4, 0.5) is 0 Å². The molecule has 8 heteroatoms. The molecule has 3 aromatic heterocycles. The fraction of sp³-hybridized carbons (Fsp3) is 0.375. The van der Waals surface area contributed by atoms with Crippen LogP contribution in [-0.2, 0) is 16.8 Å². The number of fused-ring (bicyclic) bond motifs is 2. The predicted octanol–water partition coefficient (Wildman–Crippen LogP) is 4.78. The van der Waals surface area contributed by atoms with Gasteiger partial charge in [-0.2, -0.15) is 0 Å². The van der Waals surface area contributed by atoms with Gasteiger partial charge in [-0.1, -0.05) is 19.1 Å². The minimum absolute atomic E-state index is 0.244. The van der Waals surface area contributed by atoms with Gasteiger partial charge in [-0.15, -0.1) is 10.2 Å². The van der Waals surface area contributed by atoms with Gasteiger partial charge in [-0.05, 0) is 65.0 Å². The number of nitrogens with one attached hydrogen (secondary N) is 1. The number of ether oxygens (including phenoxy) is 1. The summed E-state index contributed by atoms with van der Waals surface area (Å²) in [4.78, 5) is 10.2. The standard InChI is InChI=1S/C24H24BrN5O2/c1-13-9-24(31-3)17-5-4-6-18-20(17)16(8-19(24)30(2)12-13)21(27-18)23-29-28-22(32-23)14-7-15(25)11-26-10-14/h4-7,10-11,13,19,27H,8-9,12H2,1-3H3/t13-,19+,24-/m0/s1. The van der Waals surface area contributed by atoms with E-state index in [1.54, 1.807) is 12.4 Å². The smallest absolute Gasteiger partial charge is 0.264 e. The van der Waals surface area contributed by atoms with E-state index in [2.05, 4.69) is 73.2 Å². The van der Waals surface area contributed by atoms with Gasteiger partial charge < -0.3 is 14.1 Å². The molecular formula is C24H24BrN5O2. The third-order valence-electron chi connectivity index (χ3n) is 7.06. The van der Waals surface area contributed by atoms with E-state index in [0.717, 1.165) is 40.6 Å². The van der Waals surface area contributed by atoms with Gasteiger partial charge in [0.15, 0.2) is 0 Å². The number of nitrogens with zero attached hydrogens (tertiary/aromatic N) is 4. The van der Waals surface area contributed by atoms with Gasteiger partial charge in [-0.25, -0.2) is 0 Å². The molecule has 6 rings (SSSR count). The van der Waals surface area contributed by atoms with Crippen LogP contribution in [0.3, 0.4) is 0 Å². The fourth-order valence-electron chi connectivity index (χ4n) is 5.85. The molecule has 1 fully saturated rings. The Hall–Kier alpha value is -2.55. The van der Waals surface area contributed by atoms with Crippen LogP contribution >= 0.6 is 15.9 Å². The molecular weight excluding hydrogens is 470 g/mol. The normalized spacial score (nSPS) is 25.2. The zero-order valence-corrected chi connectivity index (χ0v) is 19.8. The van der Waals surface area contributed by atoms with Crippen molar-refractivity contribution in [1.29, 1.82) is 0 Å². The van der Waals surface area contributed by atoms with Gasteiger partial charge in [0.2, 0.25) is 5.89 Å². The summed E-state index contributed by atoms with van der Waals surface area (Å²) in [6.45, 7) is 3.36. The molecule has 0 saturated carbocycles. The van der Waals surface area contributed by atoms with Crippen LogP contribution < -0.4 is 0 Å². The van der Waals surface area contributed by atoms with Crippen molar-refractivity contribution in [3.8, 4) is 23.0 Å². The van der Waals surface area contributed by atoms with Gasteiger partial charge in [0.05, 0.1) is 5.56 Å². The second-order valence-electron chi connectivity index (χ2n) is 9.07. The van der Waals surface area contributed by atoms with Gasteiger partial charge in [0.1, 0.15) is 11.3 Å². The van der Waals surface area contributed by atoms with Crippen LogP contribution in [0.5, 0.6) is 0 Å². The highest BCUT2D eigenvalue weighted by atomic mass is 79.9. The zero-order chi connectivity index (χ0) is 22.0. The molecule has 0 unspecified atom stereocenters. The first-order valence-electron chi connectivity index (χ1n) is 10.8. The SMILES string of the molecule is CO[C@]12C[C@H](C)CN(C)[C@@H]1Cc1c(-c3nnc(-c4cncc(Br)c4)o3)[nH]c3cccc2c13. The van der Waals surface area contributed by atoms with Gasteiger partial charge in [0, 0.05) is 47.5 Å². The first-order valence-corrected chi connectivity index (χ1v) is 11.6. The van der Waals surface area contributed by atoms with Crippen molar-refractivity contribution in [3.63, 3.8) is 0 Å². The molecule has 7 nitrogen and oxygen atoms in total. The lowest BCUT2D eigenvalue weighted by atomic mass is 9.68. The molecule has 1 aliphatic heterocycles. The molecule has 1 aliphatic carbocycles. The molecule has 4 heterocycles. The molecule has 0 radical (unpaired) electrons. The fourth-order valence-corrected chi connectivity index (χ4v) is 6.22. The van der Waals surface area contributed by atoms with Gasteiger partial charge >= 0.3 is 0 Å². The Morgan fingerprint density at radius 3 is 2.91 bits per heavy atom. The largest absolute Gasteiger partial charge is 0.415 e. The second kappa shape index (κ2) is 7.23. The van der Waals surface area contributed by atoms with E-state index >= 15 is 0 Å². The third kappa shape index (κ3) is 2.82. The molecule has 4 aromatic rings. The van der Waals surface area contributed by atoms with E-state index in [0.29, 0.717) is 17.7 Å². The number of methoxy groups -OCH3 is 1. The Morgan fingerprint density at radius 1 is 1.25 bits per heavy atom. The molecule has 1 saturated heterocycles. The number of H-pyrrole nitrogens is 1. The Bertz CT molecular complexity index is 1330. The van der Waals surface area contributed by atoms with E-state index in [1.807, 2.05) is 13.2 Å². The Morgan fingerprint density at radius 2 is 2.09 bits per heavy atom. The first-order chi connectivity index (χ1) is 15.5. The molecule has 3 atom stereocenters. The van der Waals surface area contributed by atoms with E-state index in [-0.39, 0.29) is 11.6 Å². The number of aromatic amines is 1. The van der Waals surface area contributed by atoms with Crippen LogP contribution in [0.1, 0.15) is 24.5 Å². The maximum atomic E-state index is 6.34. The van der Waals surface area contributed by atoms with Crippen LogP contribution in [0.25, 0.3) is 33.9 Å². The molecule has 0 spiro atoms. The molecule has 164 valence electrons. The molecule has 1 N–H and O–H groups in total. The summed E-state index contributed by atoms with van der Waals surface area (Å²) in [6, 6.07) is 8.60. The lowest BCUT2D eigenvalue weighted by Gasteiger charge is -2.52. The topological polar surface area (TPSA) is 80.1 Å². The number of hydrogen-bond donors (Lipinski definition) is 1. The average molecular weight is 494 g/mol. The number of likely N-dealkylation sites (N-methyl/N-ethyl adjacent to an activating group) is 1. The molecule has 0 bridgehead atoms. The number of benzene rings is 1. The highest BCUT2D eigenvalue weighted by molar-refractivity contribution is 9.10. The summed E-state index contributed by atoms with van der Waals surface area (Å²) < 4.78 is 13.3. The summed E-state index contributed by atoms with van der Waals surface area (Å²) in [5, 5.41) is 9.91. The summed E-state index contributed by atoms with van der Waals surface area (Å²) >= 11 is 3.45. The lowest BCUT2D eigenvalue weighted by Crippen LogP contribution is -2.59. The number of aromatic nitrogens is 4. The first kappa shape index (κ1) is 20.1. The van der Waals surface area contributed by atoms with Crippen molar-refractivity contribution < 1.29 is 9.15 Å². The average Bonchev–Trinajstić information content (AvgIpc) is 3.40. The zero-order valence-electron chi connectivity index (χ0n) is 18.2. The number of halogens is 1. The van der Waals surface area contributed by atoms with E-state index in [9.17, 15) is 0 Å². The van der Waals surface area contributed by atoms with Crippen molar-refractivity contribution in [2.24, 2.45) is 5.92 Å². The van der Waals surface area contributed by atoms with Crippen LogP contribution in [-0.4, -0.2) is 51.8 Å². The Balaban J connectivity index is 1.53. The number of piperidine rings is 1. The maximum absolute atomic E-state index is 6.34. The Kier molecular flexibility index (Phi) is 4.54. The van der Waals surface area contributed by atoms with Crippen LogP contribution in [0.15, 0.2) is 45.5 Å². The van der Waals surface area contributed by atoms with E-state index in [1.165, 1.54) is 16.5 Å². The van der Waals surface area contributed by atoms with E-state index < -0.39 is 0 Å². The number of pyridine rings is 1. The van der Waals surface area contributed by atoms with Crippen molar-refractivity contribution in [2.45, 2.75) is 31.4 Å². The molecule has 32 heavy (non-hydrogen) atoms. The number of likely N-dealkylation sites (tertiary alicyclic amines) is 1. The van der Waals surface area contributed by atoms with Crippen molar-refractivity contribution >= 4 is 26.8 Å². The van der Waals surface area contributed by atoms with Gasteiger partial charge in [-0.3, -0.25) is 9.88 Å². The Labute approximate surface area is 194 Å². The third-order valence-corrected chi connectivity index (χ3v) is 7.49. The number of rotatable bonds is 3. The van der Waals surface area contributed by atoms with Crippen molar-refractivity contribution in [3.05, 3.63) is 52.3 Å². The summed E-state index contributed by atoms with van der Waals surface area (Å²) in [6.07, 6.45) is 5.33. The maximum Gasteiger partial charge on any atom is 0.264 e. The van der Waals surface area contributed by atoms with Crippen molar-refractivity contribution in [1.82, 2.24) is 25.1 Å². The van der Waals surface area contributed by atoms with Crippen LogP contribution in [0.2, 0.25) is 0 Å².